The maximum absolute atomic E-state index is 12.7. The summed E-state index contributed by atoms with van der Waals surface area (Å²) in [4.78, 5) is 5.29. The molecule has 0 N–H and O–H groups in total. The summed E-state index contributed by atoms with van der Waals surface area (Å²) in [5.74, 6) is -1.35. The lowest BCUT2D eigenvalue weighted by molar-refractivity contribution is 0.501. The first-order valence-electron chi connectivity index (χ1n) is 4.51. The maximum Gasteiger partial charge on any atom is 0.131 e. The Labute approximate surface area is 86.5 Å². The lowest BCUT2D eigenvalue weighted by Crippen LogP contribution is -1.85. The van der Waals surface area contributed by atoms with Crippen LogP contribution in [0, 0.1) is 6.92 Å². The van der Waals surface area contributed by atoms with Gasteiger partial charge in [0.05, 0.1) is 5.01 Å². The molecule has 0 amide bonds. The van der Waals surface area contributed by atoms with E-state index in [0.29, 0.717) is 6.42 Å². The summed E-state index contributed by atoms with van der Waals surface area (Å²) in [5, 5.41) is 0.992. The van der Waals surface area contributed by atoms with Crippen molar-refractivity contribution in [1.82, 2.24) is 4.98 Å². The molecule has 1 aromatic rings. The van der Waals surface area contributed by atoms with Crippen molar-refractivity contribution in [3.63, 3.8) is 0 Å². The van der Waals surface area contributed by atoms with Crippen molar-refractivity contribution in [2.24, 2.45) is 0 Å². The first kappa shape index (κ1) is 11.3. The van der Waals surface area contributed by atoms with Gasteiger partial charge in [-0.25, -0.2) is 13.8 Å². The Morgan fingerprint density at radius 3 is 2.71 bits per heavy atom. The molecular formula is C10H13F2NS. The number of hydrogen-bond acceptors (Lipinski definition) is 2. The van der Waals surface area contributed by atoms with Gasteiger partial charge in [-0.1, -0.05) is 0 Å². The van der Waals surface area contributed by atoms with Crippen molar-refractivity contribution >= 4 is 11.3 Å². The quantitative estimate of drug-likeness (QED) is 0.744. The second kappa shape index (κ2) is 5.20. The molecule has 0 aliphatic heterocycles. The fraction of sp³-hybridized carbons (Fsp3) is 0.500. The van der Waals surface area contributed by atoms with Crippen LogP contribution in [0.5, 0.6) is 0 Å². The van der Waals surface area contributed by atoms with Crippen LogP contribution in [-0.4, -0.2) is 4.98 Å². The summed E-state index contributed by atoms with van der Waals surface area (Å²) in [6.07, 6.45) is 3.30. The summed E-state index contributed by atoms with van der Waals surface area (Å²) >= 11 is 1.60. The van der Waals surface area contributed by atoms with E-state index in [1.165, 1.54) is 0 Å². The molecule has 1 aromatic heterocycles. The van der Waals surface area contributed by atoms with Crippen molar-refractivity contribution in [3.8, 4) is 0 Å². The number of hydrogen-bond donors (Lipinski definition) is 0. The number of aromatic nitrogens is 1. The lowest BCUT2D eigenvalue weighted by Gasteiger charge is -1.96. The second-order valence-electron chi connectivity index (χ2n) is 3.16. The van der Waals surface area contributed by atoms with Crippen LogP contribution >= 0.6 is 11.3 Å². The normalized spacial score (nSPS) is 12.9. The van der Waals surface area contributed by atoms with Crippen molar-refractivity contribution in [2.75, 3.05) is 0 Å². The molecule has 0 aliphatic rings. The van der Waals surface area contributed by atoms with E-state index in [1.54, 1.807) is 17.5 Å². The molecule has 0 radical (unpaired) electrons. The van der Waals surface area contributed by atoms with Gasteiger partial charge in [-0.3, -0.25) is 0 Å². The van der Waals surface area contributed by atoms with Crippen LogP contribution in [0.4, 0.5) is 8.78 Å². The highest BCUT2D eigenvalue weighted by molar-refractivity contribution is 7.11. The number of thiazole rings is 1. The van der Waals surface area contributed by atoms with Crippen molar-refractivity contribution in [3.05, 3.63) is 27.7 Å². The smallest absolute Gasteiger partial charge is 0.131 e. The Morgan fingerprint density at radius 1 is 1.50 bits per heavy atom. The molecule has 0 unspecified atom stereocenters. The summed E-state index contributed by atoms with van der Waals surface area (Å²) in [5.41, 5.74) is 0. The van der Waals surface area contributed by atoms with E-state index in [2.05, 4.69) is 4.98 Å². The minimum atomic E-state index is -0.708. The van der Waals surface area contributed by atoms with E-state index in [1.807, 2.05) is 6.92 Å². The minimum Gasteiger partial charge on any atom is -0.249 e. The third kappa shape index (κ3) is 3.54. The third-order valence-corrected chi connectivity index (χ3v) is 2.80. The largest absolute Gasteiger partial charge is 0.249 e. The van der Waals surface area contributed by atoms with E-state index in [9.17, 15) is 8.78 Å². The average Bonchev–Trinajstić information content (AvgIpc) is 2.51. The van der Waals surface area contributed by atoms with E-state index in [0.717, 1.165) is 23.2 Å². The number of rotatable bonds is 4. The zero-order chi connectivity index (χ0) is 10.6. The highest BCUT2D eigenvalue weighted by Gasteiger charge is 2.03. The fourth-order valence-corrected chi connectivity index (χ4v) is 1.91. The predicted octanol–water partition coefficient (Wildman–Crippen LogP) is 3.94. The van der Waals surface area contributed by atoms with Gasteiger partial charge in [-0.15, -0.1) is 11.3 Å². The van der Waals surface area contributed by atoms with Gasteiger partial charge in [0.2, 0.25) is 0 Å². The molecular weight excluding hydrogens is 204 g/mol. The predicted molar refractivity (Wildman–Crippen MR) is 54.7 cm³/mol. The maximum atomic E-state index is 12.7. The standard InChI is InChI=1S/C10H13F2NS/c1-7-6-13-10(14-7)5-3-4-9(12)8(2)11/h6H,3-5H2,1-2H3/b9-8-. The molecule has 0 saturated carbocycles. The summed E-state index contributed by atoms with van der Waals surface area (Å²) in [6, 6.07) is 0. The van der Waals surface area contributed by atoms with Crippen LogP contribution < -0.4 is 0 Å². The molecule has 1 heterocycles. The van der Waals surface area contributed by atoms with E-state index < -0.39 is 11.7 Å². The second-order valence-corrected chi connectivity index (χ2v) is 4.48. The first-order valence-corrected chi connectivity index (χ1v) is 5.33. The molecule has 4 heteroatoms. The minimum absolute atomic E-state index is 0.168. The Balaban J connectivity index is 2.32. The molecule has 0 saturated heterocycles. The molecule has 78 valence electrons. The zero-order valence-corrected chi connectivity index (χ0v) is 9.13. The lowest BCUT2D eigenvalue weighted by atomic mass is 10.2. The first-order chi connectivity index (χ1) is 6.59. The third-order valence-electron chi connectivity index (χ3n) is 1.83. The van der Waals surface area contributed by atoms with Crippen molar-refractivity contribution in [2.45, 2.75) is 33.1 Å². The van der Waals surface area contributed by atoms with E-state index in [4.69, 9.17) is 0 Å². The molecule has 0 aliphatic carbocycles. The molecule has 14 heavy (non-hydrogen) atoms. The highest BCUT2D eigenvalue weighted by Crippen LogP contribution is 2.18. The van der Waals surface area contributed by atoms with Crippen LogP contribution in [0.15, 0.2) is 17.9 Å². The van der Waals surface area contributed by atoms with Gasteiger partial charge >= 0.3 is 0 Å². The van der Waals surface area contributed by atoms with Crippen LogP contribution in [-0.2, 0) is 6.42 Å². The number of allylic oxidation sites excluding steroid dienone is 2. The molecule has 0 atom stereocenters. The summed E-state index contributed by atoms with van der Waals surface area (Å²) < 4.78 is 25.0. The molecule has 0 bridgehead atoms. The van der Waals surface area contributed by atoms with E-state index in [-0.39, 0.29) is 6.42 Å². The zero-order valence-electron chi connectivity index (χ0n) is 8.31. The number of nitrogens with zero attached hydrogens (tertiary/aromatic N) is 1. The van der Waals surface area contributed by atoms with Crippen molar-refractivity contribution in [1.29, 1.82) is 0 Å². The monoisotopic (exact) mass is 217 g/mol. The molecule has 0 aromatic carbocycles. The highest BCUT2D eigenvalue weighted by atomic mass is 32.1. The molecule has 0 fully saturated rings. The Hall–Kier alpha value is -0.770. The van der Waals surface area contributed by atoms with Crippen LogP contribution in [0.2, 0.25) is 0 Å². The summed E-state index contributed by atoms with van der Waals surface area (Å²) in [7, 11) is 0. The van der Waals surface area contributed by atoms with Gasteiger partial charge < -0.3 is 0 Å². The van der Waals surface area contributed by atoms with Gasteiger partial charge in [0, 0.05) is 17.5 Å². The number of aryl methyl sites for hydroxylation is 2. The molecule has 0 spiro atoms. The van der Waals surface area contributed by atoms with Gasteiger partial charge in [-0.2, -0.15) is 0 Å². The van der Waals surface area contributed by atoms with Crippen LogP contribution in [0.3, 0.4) is 0 Å². The van der Waals surface area contributed by atoms with Crippen molar-refractivity contribution < 1.29 is 8.78 Å². The average molecular weight is 217 g/mol. The Kier molecular flexibility index (Phi) is 4.20. The Morgan fingerprint density at radius 2 is 2.21 bits per heavy atom. The molecule has 1 rings (SSSR count). The fourth-order valence-electron chi connectivity index (χ4n) is 1.08. The van der Waals surface area contributed by atoms with Gasteiger partial charge in [0.1, 0.15) is 11.7 Å². The van der Waals surface area contributed by atoms with Crippen LogP contribution in [0.1, 0.15) is 29.7 Å². The van der Waals surface area contributed by atoms with Crippen LogP contribution in [0.25, 0.3) is 0 Å². The Bertz CT molecular complexity index is 327. The number of halogens is 2. The molecule has 1 nitrogen and oxygen atoms in total. The summed E-state index contributed by atoms with van der Waals surface area (Å²) in [6.45, 7) is 3.12. The SMILES string of the molecule is C/C(F)=C(/F)CCCc1ncc(C)s1. The van der Waals surface area contributed by atoms with Gasteiger partial charge in [-0.05, 0) is 26.7 Å². The van der Waals surface area contributed by atoms with E-state index >= 15 is 0 Å². The van der Waals surface area contributed by atoms with Gasteiger partial charge in [0.25, 0.3) is 0 Å². The topological polar surface area (TPSA) is 12.9 Å². The van der Waals surface area contributed by atoms with Gasteiger partial charge in [0.15, 0.2) is 0 Å².